The van der Waals surface area contributed by atoms with Gasteiger partial charge in [0, 0.05) is 19.0 Å². The van der Waals surface area contributed by atoms with Crippen molar-refractivity contribution < 1.29 is 19.1 Å². The maximum absolute atomic E-state index is 12.8. The van der Waals surface area contributed by atoms with Crippen LogP contribution in [-0.2, 0) is 25.5 Å². The second-order valence-corrected chi connectivity index (χ2v) is 6.43. The number of benzene rings is 1. The van der Waals surface area contributed by atoms with Gasteiger partial charge >= 0.3 is 5.97 Å². The highest BCUT2D eigenvalue weighted by Crippen LogP contribution is 2.23. The van der Waals surface area contributed by atoms with E-state index in [0.29, 0.717) is 19.5 Å². The fourth-order valence-corrected chi connectivity index (χ4v) is 3.50. The van der Waals surface area contributed by atoms with Crippen LogP contribution >= 0.6 is 0 Å². The number of hydrogen-bond acceptors (Lipinski definition) is 5. The number of rotatable bonds is 5. The van der Waals surface area contributed by atoms with Gasteiger partial charge in [0.25, 0.3) is 0 Å². The summed E-state index contributed by atoms with van der Waals surface area (Å²) in [5.74, 6) is -1.17. The lowest BCUT2D eigenvalue weighted by molar-refractivity contribution is -0.146. The summed E-state index contributed by atoms with van der Waals surface area (Å²) in [6.45, 7) is 1.30. The Hall–Kier alpha value is -2.41. The quantitative estimate of drug-likeness (QED) is 0.656. The molecule has 25 heavy (non-hydrogen) atoms. The van der Waals surface area contributed by atoms with Crippen molar-refractivity contribution in [3.05, 3.63) is 35.4 Å². The molecule has 3 N–H and O–H groups in total. The standard InChI is InChI=1S/C18H23N3O4/c1-25-18(24)14(10-12-7-9-20-16(12)22)21-17(23)15-13-5-3-2-4-11(13)6-8-19-15/h2-5,12,14-15,19H,6-10H2,1H3,(H,20,22)(H,21,23)/t12-,14?,15-/m0/s1. The third kappa shape index (κ3) is 3.82. The number of methoxy groups -OCH3 is 1. The molecule has 1 unspecified atom stereocenters. The van der Waals surface area contributed by atoms with E-state index >= 15 is 0 Å². The average molecular weight is 345 g/mol. The molecule has 2 heterocycles. The third-order valence-electron chi connectivity index (χ3n) is 4.86. The molecule has 1 aromatic carbocycles. The van der Waals surface area contributed by atoms with Gasteiger partial charge in [0.1, 0.15) is 12.1 Å². The molecule has 7 heteroatoms. The summed E-state index contributed by atoms with van der Waals surface area (Å²) in [5.41, 5.74) is 2.06. The largest absolute Gasteiger partial charge is 0.467 e. The molecule has 0 bridgehead atoms. The Morgan fingerprint density at radius 1 is 1.32 bits per heavy atom. The first-order valence-corrected chi connectivity index (χ1v) is 8.57. The zero-order valence-corrected chi connectivity index (χ0v) is 14.2. The second-order valence-electron chi connectivity index (χ2n) is 6.43. The van der Waals surface area contributed by atoms with E-state index in [2.05, 4.69) is 16.0 Å². The lowest BCUT2D eigenvalue weighted by Gasteiger charge is -2.28. The highest BCUT2D eigenvalue weighted by molar-refractivity contribution is 5.89. The molecule has 1 fully saturated rings. The Balaban J connectivity index is 1.72. The van der Waals surface area contributed by atoms with Crippen LogP contribution in [0.5, 0.6) is 0 Å². The first kappa shape index (κ1) is 17.4. The van der Waals surface area contributed by atoms with E-state index < -0.39 is 18.1 Å². The Labute approximate surface area is 146 Å². The highest BCUT2D eigenvalue weighted by Gasteiger charge is 2.34. The van der Waals surface area contributed by atoms with Crippen LogP contribution < -0.4 is 16.0 Å². The summed E-state index contributed by atoms with van der Waals surface area (Å²) in [4.78, 5) is 36.6. The van der Waals surface area contributed by atoms with Crippen molar-refractivity contribution in [3.8, 4) is 0 Å². The first-order valence-electron chi connectivity index (χ1n) is 8.57. The van der Waals surface area contributed by atoms with E-state index in [1.54, 1.807) is 0 Å². The van der Waals surface area contributed by atoms with E-state index in [1.807, 2.05) is 24.3 Å². The van der Waals surface area contributed by atoms with Crippen LogP contribution in [0.4, 0.5) is 0 Å². The highest BCUT2D eigenvalue weighted by atomic mass is 16.5. The number of fused-ring (bicyclic) bond motifs is 1. The molecule has 2 aliphatic heterocycles. The van der Waals surface area contributed by atoms with Gasteiger partial charge in [-0.25, -0.2) is 4.79 Å². The van der Waals surface area contributed by atoms with Crippen molar-refractivity contribution >= 4 is 17.8 Å². The molecule has 3 rings (SSSR count). The molecule has 3 atom stereocenters. The van der Waals surface area contributed by atoms with Gasteiger partial charge in [-0.2, -0.15) is 0 Å². The van der Waals surface area contributed by atoms with Crippen LogP contribution in [0.1, 0.15) is 30.0 Å². The molecular formula is C18H23N3O4. The zero-order valence-electron chi connectivity index (χ0n) is 14.2. The van der Waals surface area contributed by atoms with Crippen molar-refractivity contribution in [1.29, 1.82) is 0 Å². The molecule has 0 aromatic heterocycles. The van der Waals surface area contributed by atoms with Gasteiger partial charge in [-0.15, -0.1) is 0 Å². The van der Waals surface area contributed by atoms with Crippen LogP contribution in [-0.4, -0.2) is 44.0 Å². The topological polar surface area (TPSA) is 96.5 Å². The van der Waals surface area contributed by atoms with Gasteiger partial charge in [0.05, 0.1) is 7.11 Å². The Kier molecular flexibility index (Phi) is 5.33. The molecule has 2 aliphatic rings. The summed E-state index contributed by atoms with van der Waals surface area (Å²) < 4.78 is 4.81. The Bertz CT molecular complexity index is 676. The fraction of sp³-hybridized carbons (Fsp3) is 0.500. The molecular weight excluding hydrogens is 322 g/mol. The van der Waals surface area contributed by atoms with Crippen molar-refractivity contribution in [3.63, 3.8) is 0 Å². The van der Waals surface area contributed by atoms with E-state index in [4.69, 9.17) is 4.74 Å². The summed E-state index contributed by atoms with van der Waals surface area (Å²) in [6.07, 6.45) is 1.77. The Morgan fingerprint density at radius 3 is 2.84 bits per heavy atom. The third-order valence-corrected chi connectivity index (χ3v) is 4.86. The van der Waals surface area contributed by atoms with Crippen molar-refractivity contribution in [2.45, 2.75) is 31.3 Å². The van der Waals surface area contributed by atoms with Gasteiger partial charge in [-0.3, -0.25) is 9.59 Å². The minimum atomic E-state index is -0.831. The van der Waals surface area contributed by atoms with Crippen LogP contribution in [0.15, 0.2) is 24.3 Å². The molecule has 1 saturated heterocycles. The van der Waals surface area contributed by atoms with Crippen LogP contribution in [0, 0.1) is 5.92 Å². The Morgan fingerprint density at radius 2 is 2.12 bits per heavy atom. The normalized spacial score (nSPS) is 23.3. The van der Waals surface area contributed by atoms with Crippen molar-refractivity contribution in [2.75, 3.05) is 20.2 Å². The number of carbonyl (C=O) groups is 3. The molecule has 0 spiro atoms. The van der Waals surface area contributed by atoms with E-state index in [0.717, 1.165) is 17.5 Å². The summed E-state index contributed by atoms with van der Waals surface area (Å²) >= 11 is 0. The van der Waals surface area contributed by atoms with Crippen LogP contribution in [0.25, 0.3) is 0 Å². The zero-order chi connectivity index (χ0) is 17.8. The van der Waals surface area contributed by atoms with Crippen LogP contribution in [0.3, 0.4) is 0 Å². The van der Waals surface area contributed by atoms with Gasteiger partial charge in [0.2, 0.25) is 11.8 Å². The first-order chi connectivity index (χ1) is 12.1. The summed E-state index contributed by atoms with van der Waals surface area (Å²) in [6, 6.07) is 6.44. The minimum absolute atomic E-state index is 0.0794. The molecule has 1 aromatic rings. The van der Waals surface area contributed by atoms with Gasteiger partial charge in [-0.05, 0) is 30.4 Å². The average Bonchev–Trinajstić information content (AvgIpc) is 3.04. The van der Waals surface area contributed by atoms with Crippen LogP contribution in [0.2, 0.25) is 0 Å². The maximum atomic E-state index is 12.8. The number of hydrogen-bond donors (Lipinski definition) is 3. The SMILES string of the molecule is COC(=O)C(C[C@@H]1CCNC1=O)NC(=O)[C@H]1NCCc2ccccc21. The number of nitrogens with one attached hydrogen (secondary N) is 3. The molecule has 0 radical (unpaired) electrons. The lowest BCUT2D eigenvalue weighted by Crippen LogP contribution is -2.49. The van der Waals surface area contributed by atoms with E-state index in [9.17, 15) is 14.4 Å². The fourth-order valence-electron chi connectivity index (χ4n) is 3.50. The predicted octanol–water partition coefficient (Wildman–Crippen LogP) is 0.0574. The molecule has 2 amide bonds. The number of esters is 1. The molecule has 0 aliphatic carbocycles. The summed E-state index contributed by atoms with van der Waals surface area (Å²) in [5, 5.41) is 8.71. The smallest absolute Gasteiger partial charge is 0.328 e. The second kappa shape index (κ2) is 7.65. The summed E-state index contributed by atoms with van der Waals surface area (Å²) in [7, 11) is 1.28. The maximum Gasteiger partial charge on any atom is 0.328 e. The monoisotopic (exact) mass is 345 g/mol. The number of amides is 2. The van der Waals surface area contributed by atoms with Gasteiger partial charge in [-0.1, -0.05) is 24.3 Å². The predicted molar refractivity (Wildman–Crippen MR) is 90.6 cm³/mol. The van der Waals surface area contributed by atoms with Crippen molar-refractivity contribution in [1.82, 2.24) is 16.0 Å². The number of ether oxygens (including phenoxy) is 1. The molecule has 0 saturated carbocycles. The van der Waals surface area contributed by atoms with E-state index in [1.165, 1.54) is 7.11 Å². The molecule has 7 nitrogen and oxygen atoms in total. The van der Waals surface area contributed by atoms with Gasteiger partial charge < -0.3 is 20.7 Å². The minimum Gasteiger partial charge on any atom is -0.467 e. The number of carbonyl (C=O) groups excluding carboxylic acids is 3. The van der Waals surface area contributed by atoms with E-state index in [-0.39, 0.29) is 24.2 Å². The molecule has 134 valence electrons. The van der Waals surface area contributed by atoms with Crippen molar-refractivity contribution in [2.24, 2.45) is 5.92 Å². The lowest BCUT2D eigenvalue weighted by atomic mass is 9.93. The van der Waals surface area contributed by atoms with Gasteiger partial charge in [0.15, 0.2) is 0 Å².